The molecule has 6 nitrogen and oxygen atoms in total. The SMILES string of the molecule is C=Nc1ccc(-c2csc(C3C(C)=NC(=O)NC3c3cccc(OC)c3)n2)cc1. The van der Waals surface area contributed by atoms with Gasteiger partial charge in [0.25, 0.3) is 0 Å². The highest BCUT2D eigenvalue weighted by molar-refractivity contribution is 7.10. The zero-order valence-corrected chi connectivity index (χ0v) is 16.9. The number of urea groups is 1. The zero-order chi connectivity index (χ0) is 20.4. The van der Waals surface area contributed by atoms with Crippen LogP contribution in [0.25, 0.3) is 11.3 Å². The van der Waals surface area contributed by atoms with Crippen LogP contribution in [0, 0.1) is 0 Å². The van der Waals surface area contributed by atoms with Gasteiger partial charge in [0.05, 0.1) is 30.5 Å². The molecule has 146 valence electrons. The largest absolute Gasteiger partial charge is 0.497 e. The van der Waals surface area contributed by atoms with Gasteiger partial charge in [-0.3, -0.25) is 4.99 Å². The van der Waals surface area contributed by atoms with Crippen molar-refractivity contribution < 1.29 is 9.53 Å². The molecule has 1 aliphatic rings. The summed E-state index contributed by atoms with van der Waals surface area (Å²) < 4.78 is 5.35. The van der Waals surface area contributed by atoms with E-state index in [0.29, 0.717) is 0 Å². The Labute approximate surface area is 173 Å². The lowest BCUT2D eigenvalue weighted by atomic mass is 9.88. The predicted molar refractivity (Wildman–Crippen MR) is 117 cm³/mol. The first-order valence-electron chi connectivity index (χ1n) is 9.11. The van der Waals surface area contributed by atoms with E-state index in [1.165, 1.54) is 0 Å². The van der Waals surface area contributed by atoms with E-state index in [1.807, 2.05) is 60.8 Å². The van der Waals surface area contributed by atoms with Crippen molar-refractivity contribution in [3.63, 3.8) is 0 Å². The molecule has 29 heavy (non-hydrogen) atoms. The summed E-state index contributed by atoms with van der Waals surface area (Å²) in [4.78, 5) is 25.0. The molecule has 1 aliphatic heterocycles. The highest BCUT2D eigenvalue weighted by Gasteiger charge is 2.35. The summed E-state index contributed by atoms with van der Waals surface area (Å²) in [6, 6.07) is 14.9. The Morgan fingerprint density at radius 2 is 2.00 bits per heavy atom. The number of hydrogen-bond donors (Lipinski definition) is 1. The first-order chi connectivity index (χ1) is 14.1. The van der Waals surface area contributed by atoms with Crippen LogP contribution in [0.5, 0.6) is 5.75 Å². The fraction of sp³-hybridized carbons (Fsp3) is 0.182. The Kier molecular flexibility index (Phi) is 5.22. The monoisotopic (exact) mass is 404 g/mol. The minimum Gasteiger partial charge on any atom is -0.497 e. The summed E-state index contributed by atoms with van der Waals surface area (Å²) in [7, 11) is 1.63. The van der Waals surface area contributed by atoms with Gasteiger partial charge in [0.1, 0.15) is 10.8 Å². The van der Waals surface area contributed by atoms with E-state index < -0.39 is 0 Å². The van der Waals surface area contributed by atoms with Crippen LogP contribution in [0.15, 0.2) is 63.9 Å². The van der Waals surface area contributed by atoms with Crippen molar-refractivity contribution in [2.45, 2.75) is 18.9 Å². The molecule has 1 aromatic heterocycles. The lowest BCUT2D eigenvalue weighted by molar-refractivity contribution is 0.243. The molecule has 4 rings (SSSR count). The average Bonchev–Trinajstić information content (AvgIpc) is 3.23. The summed E-state index contributed by atoms with van der Waals surface area (Å²) in [5.41, 5.74) is 4.41. The minimum absolute atomic E-state index is 0.146. The first-order valence-corrected chi connectivity index (χ1v) is 9.99. The summed E-state index contributed by atoms with van der Waals surface area (Å²) in [5.74, 6) is 0.596. The highest BCUT2D eigenvalue weighted by atomic mass is 32.1. The van der Waals surface area contributed by atoms with Crippen molar-refractivity contribution in [2.24, 2.45) is 9.98 Å². The first kappa shape index (κ1) is 19.0. The molecule has 2 unspecified atom stereocenters. The Balaban J connectivity index is 1.72. The summed E-state index contributed by atoms with van der Waals surface area (Å²) in [6.07, 6.45) is 0. The standard InChI is InChI=1S/C22H20N4O2S/c1-13-19(20(26-22(27)24-13)15-5-4-6-17(11-15)28-3)21-25-18(12-29-21)14-7-9-16(23-2)10-8-14/h4-12,19-20H,2H2,1,3H3,(H,26,27). The minimum atomic E-state index is -0.337. The van der Waals surface area contributed by atoms with Gasteiger partial charge in [-0.15, -0.1) is 11.3 Å². The normalized spacial score (nSPS) is 18.7. The van der Waals surface area contributed by atoms with E-state index >= 15 is 0 Å². The topological polar surface area (TPSA) is 75.9 Å². The molecule has 2 heterocycles. The van der Waals surface area contributed by atoms with Gasteiger partial charge in [-0.25, -0.2) is 14.8 Å². The maximum atomic E-state index is 12.1. The van der Waals surface area contributed by atoms with Crippen molar-refractivity contribution >= 4 is 35.5 Å². The molecule has 2 amide bonds. The number of carbonyl (C=O) groups excluding carboxylic acids is 1. The Hall–Kier alpha value is -3.32. The van der Waals surface area contributed by atoms with E-state index in [2.05, 4.69) is 22.0 Å². The van der Waals surface area contributed by atoms with Crippen molar-refractivity contribution in [1.82, 2.24) is 10.3 Å². The molecule has 0 saturated heterocycles. The van der Waals surface area contributed by atoms with E-state index in [1.54, 1.807) is 18.4 Å². The van der Waals surface area contributed by atoms with Crippen LogP contribution in [0.2, 0.25) is 0 Å². The number of nitrogens with zero attached hydrogens (tertiary/aromatic N) is 3. The van der Waals surface area contributed by atoms with E-state index in [-0.39, 0.29) is 18.0 Å². The van der Waals surface area contributed by atoms with Crippen molar-refractivity contribution in [3.8, 4) is 17.0 Å². The smallest absolute Gasteiger partial charge is 0.341 e. The molecule has 2 atom stereocenters. The van der Waals surface area contributed by atoms with E-state index in [0.717, 1.165) is 39.0 Å². The van der Waals surface area contributed by atoms with Gasteiger partial charge in [-0.05, 0) is 43.5 Å². The molecule has 1 N–H and O–H groups in total. The molecule has 0 bridgehead atoms. The van der Waals surface area contributed by atoms with Gasteiger partial charge in [0, 0.05) is 16.7 Å². The molecular weight excluding hydrogens is 384 g/mol. The number of thiazole rings is 1. The number of benzene rings is 2. The van der Waals surface area contributed by atoms with Gasteiger partial charge in [0.15, 0.2) is 0 Å². The van der Waals surface area contributed by atoms with Crippen LogP contribution in [-0.2, 0) is 0 Å². The number of carbonyl (C=O) groups is 1. The maximum absolute atomic E-state index is 12.1. The summed E-state index contributed by atoms with van der Waals surface area (Å²) in [6.45, 7) is 5.42. The van der Waals surface area contributed by atoms with Crippen LogP contribution in [-0.4, -0.2) is 30.6 Å². The maximum Gasteiger partial charge on any atom is 0.341 e. The second-order valence-electron chi connectivity index (χ2n) is 6.71. The van der Waals surface area contributed by atoms with Gasteiger partial charge >= 0.3 is 6.03 Å². The zero-order valence-electron chi connectivity index (χ0n) is 16.1. The second-order valence-corrected chi connectivity index (χ2v) is 7.60. The molecule has 0 aliphatic carbocycles. The van der Waals surface area contributed by atoms with Crippen LogP contribution in [0.4, 0.5) is 10.5 Å². The quantitative estimate of drug-likeness (QED) is 0.597. The molecule has 0 radical (unpaired) electrons. The second kappa shape index (κ2) is 7.97. The number of ether oxygens (including phenoxy) is 1. The summed E-state index contributed by atoms with van der Waals surface area (Å²) >= 11 is 1.56. The Bertz CT molecular complexity index is 1090. The van der Waals surface area contributed by atoms with Crippen LogP contribution < -0.4 is 10.1 Å². The van der Waals surface area contributed by atoms with Gasteiger partial charge in [-0.1, -0.05) is 24.3 Å². The molecule has 3 aromatic rings. The van der Waals surface area contributed by atoms with Gasteiger partial charge in [-0.2, -0.15) is 0 Å². The number of aliphatic imine (C=N–C) groups is 2. The third kappa shape index (κ3) is 3.82. The number of rotatable bonds is 5. The number of amides is 2. The Morgan fingerprint density at radius 1 is 1.21 bits per heavy atom. The van der Waals surface area contributed by atoms with Gasteiger partial charge < -0.3 is 10.1 Å². The van der Waals surface area contributed by atoms with Crippen LogP contribution >= 0.6 is 11.3 Å². The van der Waals surface area contributed by atoms with Crippen molar-refractivity contribution in [1.29, 1.82) is 0 Å². The highest BCUT2D eigenvalue weighted by Crippen LogP contribution is 2.38. The van der Waals surface area contributed by atoms with Crippen molar-refractivity contribution in [3.05, 3.63) is 64.5 Å². The van der Waals surface area contributed by atoms with E-state index in [4.69, 9.17) is 9.72 Å². The van der Waals surface area contributed by atoms with Crippen molar-refractivity contribution in [2.75, 3.05) is 7.11 Å². The third-order valence-corrected chi connectivity index (χ3v) is 5.85. The summed E-state index contributed by atoms with van der Waals surface area (Å²) in [5, 5.41) is 5.92. The third-order valence-electron chi connectivity index (χ3n) is 4.93. The molecule has 7 heteroatoms. The average molecular weight is 404 g/mol. The molecular formula is C22H20N4O2S. The fourth-order valence-corrected chi connectivity index (χ4v) is 4.48. The lowest BCUT2D eigenvalue weighted by Crippen LogP contribution is -2.38. The van der Waals surface area contributed by atoms with Gasteiger partial charge in [0.2, 0.25) is 0 Å². The molecule has 0 spiro atoms. The number of nitrogens with one attached hydrogen (secondary N) is 1. The molecule has 0 fully saturated rings. The van der Waals surface area contributed by atoms with Crippen LogP contribution in [0.1, 0.15) is 29.5 Å². The Morgan fingerprint density at radius 3 is 2.72 bits per heavy atom. The molecule has 2 aromatic carbocycles. The fourth-order valence-electron chi connectivity index (χ4n) is 3.45. The predicted octanol–water partition coefficient (Wildman–Crippen LogP) is 5.16. The van der Waals surface area contributed by atoms with Crippen LogP contribution in [0.3, 0.4) is 0 Å². The number of hydrogen-bond acceptors (Lipinski definition) is 5. The number of aromatic nitrogens is 1. The lowest BCUT2D eigenvalue weighted by Gasteiger charge is -2.30. The molecule has 0 saturated carbocycles. The van der Waals surface area contributed by atoms with E-state index in [9.17, 15) is 4.79 Å². The number of methoxy groups -OCH3 is 1.